The zero-order valence-corrected chi connectivity index (χ0v) is 30.2. The van der Waals surface area contributed by atoms with Gasteiger partial charge in [-0.1, -0.05) is 35.5 Å². The van der Waals surface area contributed by atoms with E-state index in [1.807, 2.05) is 44.2 Å². The van der Waals surface area contributed by atoms with Gasteiger partial charge in [0.1, 0.15) is 23.4 Å². The number of aromatic nitrogens is 2. The number of carbonyl (C=O) groups is 3. The Balaban J connectivity index is 1.80. The molecule has 0 saturated heterocycles. The topological polar surface area (TPSA) is 244 Å². The third-order valence-electron chi connectivity index (χ3n) is 7.96. The average Bonchev–Trinajstić information content (AvgIpc) is 3.50. The third kappa shape index (κ3) is 14.3. The molecule has 15 nitrogen and oxygen atoms in total. The summed E-state index contributed by atoms with van der Waals surface area (Å²) in [6, 6.07) is 10.2. The molecule has 10 N–H and O–H groups in total. The molecule has 3 amide bonds. The van der Waals surface area contributed by atoms with Crippen molar-refractivity contribution >= 4 is 23.9 Å². The molecule has 0 aliphatic heterocycles. The molecule has 0 saturated carbocycles. The molecule has 51 heavy (non-hydrogen) atoms. The van der Waals surface area contributed by atoms with Crippen molar-refractivity contribution in [3.63, 3.8) is 0 Å². The highest BCUT2D eigenvalue weighted by atomic mass is 16.6. The van der Waals surface area contributed by atoms with E-state index in [0.29, 0.717) is 57.4 Å². The van der Waals surface area contributed by atoms with E-state index in [1.54, 1.807) is 32.9 Å². The standard InChI is InChI=1S/C36H53N9O6/c1-22-18-25(46)19-23(2)26(22)21-29(43-31(47)27(37)14-11-17-40-34(38)39)32(48)42-28(15-9-10-16-41-35(49)50-36(3,4)5)33-44-30(45-51-33)20-24-12-7-6-8-13-24/h6-8,12-13,18-19,27-29,46H,9-11,14-17,20-21,37H2,1-5H3,(H,41,49)(H,42,48)(H,43,47)(H4,38,39,40)/t27-,28+,29-/m1/s1. The van der Waals surface area contributed by atoms with Crippen molar-refractivity contribution in [1.82, 2.24) is 31.4 Å². The first kappa shape index (κ1) is 40.3. The molecule has 0 aliphatic rings. The SMILES string of the molecule is Cc1cc(O)cc(C)c1C[C@@H](NC(=O)[C@H](N)CCCNC(=N)N)C(=O)N[C@@H](CCCCNC(=O)OC(C)(C)C)c1nc(Cc2ccccc2)no1. The fourth-order valence-corrected chi connectivity index (χ4v) is 5.43. The van der Waals surface area contributed by atoms with E-state index in [9.17, 15) is 19.5 Å². The molecular formula is C36H53N9O6. The van der Waals surface area contributed by atoms with Gasteiger partial charge >= 0.3 is 6.09 Å². The monoisotopic (exact) mass is 707 g/mol. The van der Waals surface area contributed by atoms with Crippen LogP contribution in [0.4, 0.5) is 4.79 Å². The van der Waals surface area contributed by atoms with Gasteiger partial charge in [0.05, 0.1) is 6.04 Å². The van der Waals surface area contributed by atoms with Crippen LogP contribution < -0.4 is 32.7 Å². The van der Waals surface area contributed by atoms with E-state index in [2.05, 4.69) is 31.4 Å². The second kappa shape index (κ2) is 19.3. The number of amides is 3. The van der Waals surface area contributed by atoms with Gasteiger partial charge in [-0.2, -0.15) is 4.98 Å². The van der Waals surface area contributed by atoms with Gasteiger partial charge in [0.25, 0.3) is 0 Å². The summed E-state index contributed by atoms with van der Waals surface area (Å²) in [5, 5.41) is 32.8. The molecule has 1 heterocycles. The van der Waals surface area contributed by atoms with Gasteiger partial charge in [0, 0.05) is 25.9 Å². The van der Waals surface area contributed by atoms with Crippen LogP contribution in [-0.2, 0) is 27.2 Å². The molecule has 0 spiro atoms. The van der Waals surface area contributed by atoms with Gasteiger partial charge in [-0.3, -0.25) is 15.0 Å². The minimum Gasteiger partial charge on any atom is -0.508 e. The van der Waals surface area contributed by atoms with Gasteiger partial charge in [-0.05, 0) is 101 Å². The van der Waals surface area contributed by atoms with Gasteiger partial charge in [0.15, 0.2) is 11.8 Å². The Morgan fingerprint density at radius 3 is 2.27 bits per heavy atom. The van der Waals surface area contributed by atoms with Crippen LogP contribution in [-0.4, -0.2) is 69.9 Å². The van der Waals surface area contributed by atoms with E-state index < -0.39 is 41.6 Å². The number of aryl methyl sites for hydroxylation is 2. The molecular weight excluding hydrogens is 654 g/mol. The van der Waals surface area contributed by atoms with Gasteiger partial charge in [-0.15, -0.1) is 0 Å². The summed E-state index contributed by atoms with van der Waals surface area (Å²) in [6.45, 7) is 9.75. The lowest BCUT2D eigenvalue weighted by Crippen LogP contribution is -2.53. The summed E-state index contributed by atoms with van der Waals surface area (Å²) in [4.78, 5) is 44.1. The van der Waals surface area contributed by atoms with E-state index in [0.717, 1.165) is 22.3 Å². The second-order valence-electron chi connectivity index (χ2n) is 13.6. The van der Waals surface area contributed by atoms with Crippen LogP contribution in [0.2, 0.25) is 0 Å². The van der Waals surface area contributed by atoms with Gasteiger partial charge < -0.3 is 47.1 Å². The van der Waals surface area contributed by atoms with Crippen molar-refractivity contribution in [2.45, 2.75) is 103 Å². The Hall–Kier alpha value is -5.18. The minimum absolute atomic E-state index is 0.101. The number of benzene rings is 2. The number of ether oxygens (including phenoxy) is 1. The van der Waals surface area contributed by atoms with Crippen LogP contribution in [0, 0.1) is 19.3 Å². The third-order valence-corrected chi connectivity index (χ3v) is 7.96. The van der Waals surface area contributed by atoms with Crippen LogP contribution in [0.25, 0.3) is 0 Å². The number of nitrogens with zero attached hydrogens (tertiary/aromatic N) is 2. The zero-order valence-electron chi connectivity index (χ0n) is 30.2. The number of rotatable bonds is 18. The van der Waals surface area contributed by atoms with Gasteiger partial charge in [0.2, 0.25) is 17.7 Å². The summed E-state index contributed by atoms with van der Waals surface area (Å²) >= 11 is 0. The summed E-state index contributed by atoms with van der Waals surface area (Å²) in [6.07, 6.45) is 2.38. The maximum Gasteiger partial charge on any atom is 0.407 e. The quantitative estimate of drug-likeness (QED) is 0.0542. The number of nitrogens with one attached hydrogen (secondary N) is 5. The van der Waals surface area contributed by atoms with Crippen LogP contribution in [0.3, 0.4) is 0 Å². The molecule has 278 valence electrons. The number of nitrogens with two attached hydrogens (primary N) is 2. The maximum atomic E-state index is 14.1. The molecule has 0 fully saturated rings. The molecule has 3 rings (SSSR count). The summed E-state index contributed by atoms with van der Waals surface area (Å²) < 4.78 is 11.0. The lowest BCUT2D eigenvalue weighted by Gasteiger charge is -2.24. The number of carbonyl (C=O) groups excluding carboxylic acids is 3. The Bertz CT molecular complexity index is 1580. The Morgan fingerprint density at radius 1 is 0.961 bits per heavy atom. The second-order valence-corrected chi connectivity index (χ2v) is 13.6. The van der Waals surface area contributed by atoms with Gasteiger partial charge in [-0.25, -0.2) is 4.79 Å². The predicted molar refractivity (Wildman–Crippen MR) is 193 cm³/mol. The van der Waals surface area contributed by atoms with Crippen molar-refractivity contribution in [3.8, 4) is 5.75 Å². The van der Waals surface area contributed by atoms with Crippen molar-refractivity contribution in [3.05, 3.63) is 76.4 Å². The van der Waals surface area contributed by atoms with Crippen LogP contribution in [0.1, 0.15) is 92.9 Å². The molecule has 3 aromatic rings. The average molecular weight is 708 g/mol. The first-order valence-electron chi connectivity index (χ1n) is 17.2. The van der Waals surface area contributed by atoms with Crippen LogP contribution in [0.5, 0.6) is 5.75 Å². The number of hydrogen-bond acceptors (Lipinski definition) is 10. The minimum atomic E-state index is -1.04. The van der Waals surface area contributed by atoms with Crippen molar-refractivity contribution in [1.29, 1.82) is 5.41 Å². The predicted octanol–water partition coefficient (Wildman–Crippen LogP) is 3.15. The van der Waals surface area contributed by atoms with Crippen molar-refractivity contribution < 1.29 is 28.8 Å². The molecule has 0 bridgehead atoms. The first-order valence-corrected chi connectivity index (χ1v) is 17.2. The van der Waals surface area contributed by atoms with E-state index in [-0.39, 0.29) is 24.0 Å². The van der Waals surface area contributed by atoms with E-state index in [1.165, 1.54) is 0 Å². The largest absolute Gasteiger partial charge is 0.508 e. The number of guanidine groups is 1. The number of aromatic hydroxyl groups is 1. The zero-order chi connectivity index (χ0) is 37.6. The molecule has 15 heteroatoms. The van der Waals surface area contributed by atoms with Crippen LogP contribution in [0.15, 0.2) is 47.0 Å². The summed E-state index contributed by atoms with van der Waals surface area (Å²) in [7, 11) is 0. The van der Waals surface area contributed by atoms with E-state index >= 15 is 0 Å². The molecule has 0 aliphatic carbocycles. The van der Waals surface area contributed by atoms with Crippen molar-refractivity contribution in [2.24, 2.45) is 11.5 Å². The smallest absolute Gasteiger partial charge is 0.407 e. The lowest BCUT2D eigenvalue weighted by molar-refractivity contribution is -0.130. The van der Waals surface area contributed by atoms with Crippen molar-refractivity contribution in [2.75, 3.05) is 13.1 Å². The number of phenols is 1. The molecule has 1 aromatic heterocycles. The summed E-state index contributed by atoms with van der Waals surface area (Å²) in [5.74, 6) is -0.408. The highest BCUT2D eigenvalue weighted by molar-refractivity contribution is 5.90. The van der Waals surface area contributed by atoms with Crippen LogP contribution >= 0.6 is 0 Å². The van der Waals surface area contributed by atoms with E-state index in [4.69, 9.17) is 26.1 Å². The Kier molecular flexibility index (Phi) is 15.2. The first-order chi connectivity index (χ1) is 24.1. The molecule has 0 unspecified atom stereocenters. The molecule has 0 radical (unpaired) electrons. The molecule has 3 atom stereocenters. The fourth-order valence-electron chi connectivity index (χ4n) is 5.43. The lowest BCUT2D eigenvalue weighted by atomic mass is 9.95. The molecule has 2 aromatic carbocycles. The fraction of sp³-hybridized carbons (Fsp3) is 0.500. The highest BCUT2D eigenvalue weighted by Gasteiger charge is 2.29. The number of hydrogen-bond donors (Lipinski definition) is 8. The normalized spacial score (nSPS) is 13.1. The maximum absolute atomic E-state index is 14.1. The number of phenolic OH excluding ortho intramolecular Hbond substituents is 1. The number of alkyl carbamates (subject to hydrolysis) is 1. The Labute approximate surface area is 299 Å². The highest BCUT2D eigenvalue weighted by Crippen LogP contribution is 2.24. The Morgan fingerprint density at radius 2 is 1.63 bits per heavy atom. The number of unbranched alkanes of at least 4 members (excludes halogenated alkanes) is 1. The summed E-state index contributed by atoms with van der Waals surface area (Å²) in [5.41, 5.74) is 14.2.